The SMILES string of the molecule is Cn1ncc2cc(-c3ccc(C(=O)Nc4ccc(O[Si](C)(C)C(C)(C)C)c(NS(C)(=O)=O)c4)cc3)ccc21. The van der Waals surface area contributed by atoms with E-state index in [1.807, 2.05) is 42.2 Å². The lowest BCUT2D eigenvalue weighted by atomic mass is 10.0. The van der Waals surface area contributed by atoms with Gasteiger partial charge in [-0.05, 0) is 71.7 Å². The molecule has 0 aliphatic carbocycles. The molecule has 0 aliphatic rings. The summed E-state index contributed by atoms with van der Waals surface area (Å²) in [7, 11) is -3.89. The van der Waals surface area contributed by atoms with Gasteiger partial charge in [-0.3, -0.25) is 14.2 Å². The minimum Gasteiger partial charge on any atom is -0.542 e. The van der Waals surface area contributed by atoms with E-state index < -0.39 is 18.3 Å². The highest BCUT2D eigenvalue weighted by Crippen LogP contribution is 2.40. The summed E-state index contributed by atoms with van der Waals surface area (Å²) >= 11 is 0. The van der Waals surface area contributed by atoms with Crippen molar-refractivity contribution in [1.29, 1.82) is 0 Å². The predicted octanol–water partition coefficient (Wildman–Crippen LogP) is 6.25. The van der Waals surface area contributed by atoms with E-state index in [2.05, 4.69) is 55.1 Å². The monoisotopic (exact) mass is 550 g/mol. The number of rotatable bonds is 7. The minimum absolute atomic E-state index is 0.0713. The van der Waals surface area contributed by atoms with Crippen LogP contribution < -0.4 is 14.5 Å². The third-order valence-corrected chi connectivity index (χ3v) is 11.9. The molecule has 4 aromatic rings. The lowest BCUT2D eigenvalue weighted by Crippen LogP contribution is -2.44. The van der Waals surface area contributed by atoms with Crippen LogP contribution in [0.15, 0.2) is 66.9 Å². The average molecular weight is 551 g/mol. The maximum Gasteiger partial charge on any atom is 0.255 e. The number of carbonyl (C=O) groups excluding carboxylic acids is 1. The van der Waals surface area contributed by atoms with Crippen LogP contribution in [0.25, 0.3) is 22.0 Å². The number of fused-ring (bicyclic) bond motifs is 1. The van der Waals surface area contributed by atoms with Crippen LogP contribution in [-0.4, -0.2) is 38.7 Å². The maximum absolute atomic E-state index is 13.0. The smallest absolute Gasteiger partial charge is 0.255 e. The second kappa shape index (κ2) is 9.92. The zero-order chi connectivity index (χ0) is 27.9. The first-order valence-electron chi connectivity index (χ1n) is 12.3. The van der Waals surface area contributed by atoms with Crippen LogP contribution in [0.3, 0.4) is 0 Å². The molecule has 0 saturated carbocycles. The summed E-state index contributed by atoms with van der Waals surface area (Å²) in [5, 5.41) is 8.12. The zero-order valence-electron chi connectivity index (χ0n) is 22.8. The van der Waals surface area contributed by atoms with Gasteiger partial charge in [0, 0.05) is 23.7 Å². The van der Waals surface area contributed by atoms with Gasteiger partial charge in [-0.15, -0.1) is 0 Å². The molecule has 0 fully saturated rings. The molecular weight excluding hydrogens is 516 g/mol. The zero-order valence-corrected chi connectivity index (χ0v) is 24.6. The van der Waals surface area contributed by atoms with Crippen LogP contribution >= 0.6 is 0 Å². The summed E-state index contributed by atoms with van der Waals surface area (Å²) in [4.78, 5) is 13.0. The fourth-order valence-electron chi connectivity index (χ4n) is 3.76. The number of carbonyl (C=O) groups is 1. The molecule has 1 amide bonds. The number of anilines is 2. The second-order valence-electron chi connectivity index (χ2n) is 11.0. The van der Waals surface area contributed by atoms with Crippen molar-refractivity contribution in [2.45, 2.75) is 38.9 Å². The first kappa shape index (κ1) is 27.4. The normalized spacial score (nSPS) is 12.4. The number of amides is 1. The Morgan fingerprint density at radius 3 is 2.26 bits per heavy atom. The Bertz CT molecular complexity index is 1600. The lowest BCUT2D eigenvalue weighted by Gasteiger charge is -2.37. The van der Waals surface area contributed by atoms with Gasteiger partial charge in [0.15, 0.2) is 0 Å². The molecule has 0 saturated heterocycles. The third kappa shape index (κ3) is 6.08. The van der Waals surface area contributed by atoms with Crippen LogP contribution in [0.1, 0.15) is 31.1 Å². The van der Waals surface area contributed by atoms with E-state index in [1.165, 1.54) is 0 Å². The minimum atomic E-state index is -3.56. The Kier molecular flexibility index (Phi) is 7.15. The van der Waals surface area contributed by atoms with Gasteiger partial charge in [0.2, 0.25) is 10.0 Å². The number of nitrogens with zero attached hydrogens (tertiary/aromatic N) is 2. The number of aromatic nitrogens is 2. The number of hydrogen-bond donors (Lipinski definition) is 2. The molecule has 0 atom stereocenters. The molecule has 3 aromatic carbocycles. The first-order chi connectivity index (χ1) is 17.6. The molecule has 0 unspecified atom stereocenters. The summed E-state index contributed by atoms with van der Waals surface area (Å²) in [5.41, 5.74) is 4.29. The number of hydrogen-bond acceptors (Lipinski definition) is 5. The Hall–Kier alpha value is -3.63. The second-order valence-corrected chi connectivity index (χ2v) is 17.5. The van der Waals surface area contributed by atoms with Gasteiger partial charge in [-0.1, -0.05) is 39.0 Å². The summed E-state index contributed by atoms with van der Waals surface area (Å²) in [6.07, 6.45) is 2.91. The molecule has 38 heavy (non-hydrogen) atoms. The first-order valence-corrected chi connectivity index (χ1v) is 17.1. The Morgan fingerprint density at radius 1 is 0.974 bits per heavy atom. The number of sulfonamides is 1. The van der Waals surface area contributed by atoms with Crippen LogP contribution in [0.5, 0.6) is 5.75 Å². The van der Waals surface area contributed by atoms with Crippen molar-refractivity contribution in [3.63, 3.8) is 0 Å². The van der Waals surface area contributed by atoms with E-state index in [4.69, 9.17) is 4.43 Å². The summed E-state index contributed by atoms with van der Waals surface area (Å²) in [5.74, 6) is 0.137. The number of aryl methyl sites for hydroxylation is 1. The van der Waals surface area contributed by atoms with Crippen LogP contribution in [0.4, 0.5) is 11.4 Å². The molecule has 10 heteroatoms. The van der Waals surface area contributed by atoms with Gasteiger partial charge in [0.05, 0.1) is 23.7 Å². The van der Waals surface area contributed by atoms with E-state index in [0.29, 0.717) is 17.0 Å². The Morgan fingerprint density at radius 2 is 1.63 bits per heavy atom. The van der Waals surface area contributed by atoms with Gasteiger partial charge in [0.25, 0.3) is 14.2 Å². The van der Waals surface area contributed by atoms with Gasteiger partial charge in [-0.25, -0.2) is 8.42 Å². The molecule has 0 radical (unpaired) electrons. The van der Waals surface area contributed by atoms with Crippen molar-refractivity contribution in [1.82, 2.24) is 9.78 Å². The number of benzene rings is 3. The van der Waals surface area contributed by atoms with E-state index in [1.54, 1.807) is 30.3 Å². The molecule has 2 N–H and O–H groups in total. The lowest BCUT2D eigenvalue weighted by molar-refractivity contribution is 0.102. The van der Waals surface area contributed by atoms with Crippen molar-refractivity contribution in [3.05, 3.63) is 72.4 Å². The molecule has 4 rings (SSSR count). The average Bonchev–Trinajstić information content (AvgIpc) is 3.19. The molecule has 1 heterocycles. The quantitative estimate of drug-likeness (QED) is 0.265. The Balaban J connectivity index is 1.55. The van der Waals surface area contributed by atoms with Gasteiger partial charge in [0.1, 0.15) is 5.75 Å². The topological polar surface area (TPSA) is 102 Å². The van der Waals surface area contributed by atoms with Gasteiger partial charge >= 0.3 is 0 Å². The van der Waals surface area contributed by atoms with Crippen molar-refractivity contribution >= 4 is 46.5 Å². The highest BCUT2D eigenvalue weighted by molar-refractivity contribution is 7.92. The van der Waals surface area contributed by atoms with E-state index in [-0.39, 0.29) is 16.6 Å². The summed E-state index contributed by atoms with van der Waals surface area (Å²) < 4.78 is 34.8. The predicted molar refractivity (Wildman–Crippen MR) is 157 cm³/mol. The van der Waals surface area contributed by atoms with Crippen molar-refractivity contribution < 1.29 is 17.6 Å². The van der Waals surface area contributed by atoms with Crippen LogP contribution in [-0.2, 0) is 17.1 Å². The molecule has 200 valence electrons. The van der Waals surface area contributed by atoms with Crippen LogP contribution in [0, 0.1) is 0 Å². The molecule has 0 bridgehead atoms. The highest BCUT2D eigenvalue weighted by atomic mass is 32.2. The fraction of sp³-hybridized carbons (Fsp3) is 0.286. The van der Waals surface area contributed by atoms with Crippen molar-refractivity contribution in [2.24, 2.45) is 7.05 Å². The van der Waals surface area contributed by atoms with Crippen LogP contribution in [0.2, 0.25) is 18.1 Å². The highest BCUT2D eigenvalue weighted by Gasteiger charge is 2.39. The van der Waals surface area contributed by atoms with Crippen molar-refractivity contribution in [3.8, 4) is 16.9 Å². The molecule has 0 aliphatic heterocycles. The van der Waals surface area contributed by atoms with Crippen molar-refractivity contribution in [2.75, 3.05) is 16.3 Å². The van der Waals surface area contributed by atoms with E-state index >= 15 is 0 Å². The standard InChI is InChI=1S/C28H34N4O4SSi/c1-28(2,3)38(6,7)36-26-15-13-23(17-24(26)31-37(5,34)35)30-27(33)20-10-8-19(9-11-20)21-12-14-25-22(16-21)18-29-32(25)4/h8-18,31H,1-7H3,(H,30,33). The summed E-state index contributed by atoms with van der Waals surface area (Å²) in [6, 6.07) is 18.5. The Labute approximate surface area is 225 Å². The van der Waals surface area contributed by atoms with Gasteiger partial charge in [-0.2, -0.15) is 5.10 Å². The fourth-order valence-corrected chi connectivity index (χ4v) is 5.36. The number of nitrogens with one attached hydrogen (secondary N) is 2. The maximum atomic E-state index is 13.0. The molecule has 0 spiro atoms. The third-order valence-electron chi connectivity index (χ3n) is 6.93. The van der Waals surface area contributed by atoms with E-state index in [9.17, 15) is 13.2 Å². The van der Waals surface area contributed by atoms with E-state index in [0.717, 1.165) is 28.3 Å². The largest absolute Gasteiger partial charge is 0.542 e. The molecular formula is C28H34N4O4SSi. The summed E-state index contributed by atoms with van der Waals surface area (Å²) in [6.45, 7) is 10.5. The molecule has 8 nitrogen and oxygen atoms in total. The molecule has 1 aromatic heterocycles. The van der Waals surface area contributed by atoms with Gasteiger partial charge < -0.3 is 9.74 Å².